The molecule has 3 atom stereocenters. The van der Waals surface area contributed by atoms with Gasteiger partial charge in [0.2, 0.25) is 0 Å². The van der Waals surface area contributed by atoms with Crippen molar-refractivity contribution in [1.82, 2.24) is 10.2 Å². The van der Waals surface area contributed by atoms with E-state index >= 15 is 0 Å². The van der Waals surface area contributed by atoms with E-state index in [0.717, 1.165) is 25.4 Å². The Balaban J connectivity index is 1.83. The van der Waals surface area contributed by atoms with Crippen molar-refractivity contribution in [2.24, 2.45) is 11.8 Å². The number of hydrogen-bond donors (Lipinski definition) is 2. The van der Waals surface area contributed by atoms with E-state index in [9.17, 15) is 5.11 Å². The molecule has 0 aromatic rings. The third-order valence-corrected chi connectivity index (χ3v) is 5.09. The Morgan fingerprint density at radius 2 is 1.84 bits per heavy atom. The van der Waals surface area contributed by atoms with Crippen molar-refractivity contribution in [3.05, 3.63) is 0 Å². The van der Waals surface area contributed by atoms with Gasteiger partial charge in [-0.1, -0.05) is 12.8 Å². The highest BCUT2D eigenvalue weighted by atomic mass is 16.3. The Morgan fingerprint density at radius 1 is 1.16 bits per heavy atom. The van der Waals surface area contributed by atoms with Crippen LogP contribution in [0, 0.1) is 11.8 Å². The summed E-state index contributed by atoms with van der Waals surface area (Å²) in [7, 11) is 0. The van der Waals surface area contributed by atoms with Crippen LogP contribution in [0.15, 0.2) is 0 Å². The minimum absolute atomic E-state index is 0.183. The molecule has 1 aliphatic carbocycles. The van der Waals surface area contributed by atoms with Gasteiger partial charge in [0.15, 0.2) is 0 Å². The number of hydrogen-bond acceptors (Lipinski definition) is 3. The molecule has 1 saturated carbocycles. The highest BCUT2D eigenvalue weighted by Crippen LogP contribution is 2.25. The van der Waals surface area contributed by atoms with Gasteiger partial charge in [0.05, 0.1) is 6.10 Å². The predicted molar refractivity (Wildman–Crippen MR) is 80.2 cm³/mol. The topological polar surface area (TPSA) is 35.5 Å². The summed E-state index contributed by atoms with van der Waals surface area (Å²) in [5.41, 5.74) is 0. The van der Waals surface area contributed by atoms with Crippen molar-refractivity contribution in [2.45, 2.75) is 71.1 Å². The molecule has 3 heteroatoms. The van der Waals surface area contributed by atoms with Crippen LogP contribution >= 0.6 is 0 Å². The SMILES string of the molecule is CC(O)C1CC(NCC2CCCC2)CN(C(C)C)C1. The monoisotopic (exact) mass is 268 g/mol. The second kappa shape index (κ2) is 7.05. The molecule has 112 valence electrons. The Kier molecular flexibility index (Phi) is 5.67. The molecule has 0 radical (unpaired) electrons. The van der Waals surface area contributed by atoms with Gasteiger partial charge in [0.25, 0.3) is 0 Å². The molecule has 1 aliphatic heterocycles. The summed E-state index contributed by atoms with van der Waals surface area (Å²) >= 11 is 0. The molecular formula is C16H32N2O. The number of piperidine rings is 1. The Bertz CT molecular complexity index is 245. The van der Waals surface area contributed by atoms with Crippen molar-refractivity contribution in [2.75, 3.05) is 19.6 Å². The van der Waals surface area contributed by atoms with E-state index in [2.05, 4.69) is 24.1 Å². The molecule has 1 heterocycles. The fraction of sp³-hybridized carbons (Fsp3) is 1.00. The van der Waals surface area contributed by atoms with E-state index in [1.165, 1.54) is 32.2 Å². The third kappa shape index (κ3) is 4.44. The highest BCUT2D eigenvalue weighted by Gasteiger charge is 2.31. The van der Waals surface area contributed by atoms with Crippen molar-refractivity contribution < 1.29 is 5.11 Å². The fourth-order valence-corrected chi connectivity index (χ4v) is 3.64. The van der Waals surface area contributed by atoms with E-state index in [1.54, 1.807) is 0 Å². The number of aliphatic hydroxyl groups is 1. The van der Waals surface area contributed by atoms with Crippen LogP contribution in [0.25, 0.3) is 0 Å². The summed E-state index contributed by atoms with van der Waals surface area (Å²) in [6.45, 7) is 9.85. The summed E-state index contributed by atoms with van der Waals surface area (Å²) in [6, 6.07) is 1.15. The average molecular weight is 268 g/mol. The first kappa shape index (κ1) is 15.3. The van der Waals surface area contributed by atoms with Crippen molar-refractivity contribution in [3.8, 4) is 0 Å². The van der Waals surface area contributed by atoms with Crippen LogP contribution in [0.4, 0.5) is 0 Å². The van der Waals surface area contributed by atoms with Crippen molar-refractivity contribution in [3.63, 3.8) is 0 Å². The van der Waals surface area contributed by atoms with E-state index in [4.69, 9.17) is 0 Å². The number of nitrogens with one attached hydrogen (secondary N) is 1. The van der Waals surface area contributed by atoms with Gasteiger partial charge < -0.3 is 10.4 Å². The maximum absolute atomic E-state index is 9.92. The third-order valence-electron chi connectivity index (χ3n) is 5.09. The van der Waals surface area contributed by atoms with E-state index in [1.807, 2.05) is 6.92 Å². The molecule has 0 amide bonds. The standard InChI is InChI=1S/C16H32N2O/c1-12(2)18-10-15(13(3)19)8-16(11-18)17-9-14-6-4-5-7-14/h12-17,19H,4-11H2,1-3H3. The second-order valence-corrected chi connectivity index (χ2v) is 7.04. The number of rotatable bonds is 5. The van der Waals surface area contributed by atoms with E-state index in [0.29, 0.717) is 18.0 Å². The molecule has 3 nitrogen and oxygen atoms in total. The van der Waals surface area contributed by atoms with Gasteiger partial charge >= 0.3 is 0 Å². The zero-order valence-corrected chi connectivity index (χ0v) is 12.9. The Morgan fingerprint density at radius 3 is 2.42 bits per heavy atom. The van der Waals surface area contributed by atoms with Crippen LogP contribution in [0.2, 0.25) is 0 Å². The molecule has 0 aromatic carbocycles. The van der Waals surface area contributed by atoms with Gasteiger partial charge in [-0.3, -0.25) is 4.90 Å². The van der Waals surface area contributed by atoms with E-state index < -0.39 is 0 Å². The first-order valence-electron chi connectivity index (χ1n) is 8.21. The number of aliphatic hydroxyl groups excluding tert-OH is 1. The molecule has 0 spiro atoms. The van der Waals surface area contributed by atoms with Crippen LogP contribution in [-0.2, 0) is 0 Å². The Labute approximate surface area is 118 Å². The van der Waals surface area contributed by atoms with Crippen LogP contribution < -0.4 is 5.32 Å². The maximum atomic E-state index is 9.92. The first-order chi connectivity index (χ1) is 9.06. The summed E-state index contributed by atoms with van der Waals surface area (Å²) in [4.78, 5) is 2.52. The largest absolute Gasteiger partial charge is 0.393 e. The molecule has 0 bridgehead atoms. The first-order valence-corrected chi connectivity index (χ1v) is 8.21. The molecular weight excluding hydrogens is 236 g/mol. The van der Waals surface area contributed by atoms with Gasteiger partial charge in [-0.2, -0.15) is 0 Å². The predicted octanol–water partition coefficient (Wildman–Crippen LogP) is 2.25. The van der Waals surface area contributed by atoms with Gasteiger partial charge in [-0.15, -0.1) is 0 Å². The molecule has 19 heavy (non-hydrogen) atoms. The molecule has 2 rings (SSSR count). The summed E-state index contributed by atoms with van der Waals surface area (Å²) < 4.78 is 0. The molecule has 1 saturated heterocycles. The summed E-state index contributed by atoms with van der Waals surface area (Å²) in [6.07, 6.45) is 6.61. The lowest BCUT2D eigenvalue weighted by Gasteiger charge is -2.41. The normalized spacial score (nSPS) is 32.1. The molecule has 2 N–H and O–H groups in total. The quantitative estimate of drug-likeness (QED) is 0.803. The smallest absolute Gasteiger partial charge is 0.0553 e. The fourth-order valence-electron chi connectivity index (χ4n) is 3.64. The second-order valence-electron chi connectivity index (χ2n) is 7.04. The summed E-state index contributed by atoms with van der Waals surface area (Å²) in [5, 5.41) is 13.7. The minimum atomic E-state index is -0.183. The minimum Gasteiger partial charge on any atom is -0.393 e. The lowest BCUT2D eigenvalue weighted by molar-refractivity contribution is 0.0349. The number of nitrogens with zero attached hydrogens (tertiary/aromatic N) is 1. The summed E-state index contributed by atoms with van der Waals surface area (Å²) in [5.74, 6) is 1.33. The maximum Gasteiger partial charge on any atom is 0.0553 e. The van der Waals surface area contributed by atoms with Gasteiger partial charge in [0, 0.05) is 25.2 Å². The van der Waals surface area contributed by atoms with Crippen molar-refractivity contribution >= 4 is 0 Å². The molecule has 3 unspecified atom stereocenters. The molecule has 2 aliphatic rings. The highest BCUT2D eigenvalue weighted by molar-refractivity contribution is 4.87. The Hall–Kier alpha value is -0.120. The molecule has 2 fully saturated rings. The zero-order valence-electron chi connectivity index (χ0n) is 12.9. The lowest BCUT2D eigenvalue weighted by atomic mass is 9.89. The number of likely N-dealkylation sites (tertiary alicyclic amines) is 1. The van der Waals surface area contributed by atoms with Gasteiger partial charge in [0.1, 0.15) is 0 Å². The van der Waals surface area contributed by atoms with E-state index in [-0.39, 0.29) is 6.10 Å². The van der Waals surface area contributed by atoms with Crippen LogP contribution in [0.3, 0.4) is 0 Å². The lowest BCUT2D eigenvalue weighted by Crippen LogP contribution is -2.53. The van der Waals surface area contributed by atoms with Gasteiger partial charge in [-0.05, 0) is 58.4 Å². The average Bonchev–Trinajstić information content (AvgIpc) is 2.89. The van der Waals surface area contributed by atoms with Gasteiger partial charge in [-0.25, -0.2) is 0 Å². The van der Waals surface area contributed by atoms with Crippen molar-refractivity contribution in [1.29, 1.82) is 0 Å². The van der Waals surface area contributed by atoms with Crippen LogP contribution in [0.5, 0.6) is 0 Å². The van der Waals surface area contributed by atoms with Crippen LogP contribution in [-0.4, -0.2) is 47.8 Å². The van der Waals surface area contributed by atoms with Crippen LogP contribution in [0.1, 0.15) is 52.9 Å². The zero-order chi connectivity index (χ0) is 13.8. The molecule has 0 aromatic heterocycles.